The summed E-state index contributed by atoms with van der Waals surface area (Å²) >= 11 is 7.85. The Bertz CT molecular complexity index is 493. The molecule has 1 saturated carbocycles. The van der Waals surface area contributed by atoms with E-state index in [1.807, 2.05) is 31.2 Å². The lowest BCUT2D eigenvalue weighted by atomic mass is 9.95. The first-order valence-corrected chi connectivity index (χ1v) is 8.15. The van der Waals surface area contributed by atoms with Gasteiger partial charge in [0.2, 0.25) is 5.91 Å². The summed E-state index contributed by atoms with van der Waals surface area (Å²) in [7, 11) is 0. The highest BCUT2D eigenvalue weighted by Gasteiger charge is 2.38. The average Bonchev–Trinajstić information content (AvgIpc) is 3.15. The molecule has 1 aromatic carbocycles. The molecule has 0 saturated heterocycles. The smallest absolute Gasteiger partial charge is 0.237 e. The quantitative estimate of drug-likeness (QED) is 0.760. The van der Waals surface area contributed by atoms with Gasteiger partial charge in [0.05, 0.1) is 10.6 Å². The molecule has 2 atom stereocenters. The summed E-state index contributed by atoms with van der Waals surface area (Å²) in [5.74, 6) is -0.281. The predicted molar refractivity (Wildman–Crippen MR) is 85.1 cm³/mol. The first-order valence-electron chi connectivity index (χ1n) is 6.89. The van der Waals surface area contributed by atoms with E-state index >= 15 is 0 Å². The summed E-state index contributed by atoms with van der Waals surface area (Å²) in [5.41, 5.74) is 4.94. The van der Waals surface area contributed by atoms with E-state index in [0.717, 1.165) is 22.8 Å². The largest absolute Gasteiger partial charge is 0.368 e. The summed E-state index contributed by atoms with van der Waals surface area (Å²) in [6.07, 6.45) is 2.96. The number of nitrogens with two attached hydrogens (primary N) is 1. The maximum absolute atomic E-state index is 11.8. The minimum absolute atomic E-state index is 0.249. The van der Waals surface area contributed by atoms with Crippen LogP contribution in [0.25, 0.3) is 0 Å². The first kappa shape index (κ1) is 15.7. The van der Waals surface area contributed by atoms with Gasteiger partial charge in [-0.15, -0.1) is 11.8 Å². The molecule has 1 aliphatic carbocycles. The zero-order chi connectivity index (χ0) is 14.8. The molecule has 20 heavy (non-hydrogen) atoms. The fraction of sp³-hybridized carbons (Fsp3) is 0.533. The van der Waals surface area contributed by atoms with Crippen LogP contribution in [0.5, 0.6) is 0 Å². The average molecular weight is 313 g/mol. The van der Waals surface area contributed by atoms with Crippen LogP contribution in [0.15, 0.2) is 29.2 Å². The van der Waals surface area contributed by atoms with Crippen molar-refractivity contribution in [1.29, 1.82) is 0 Å². The highest BCUT2D eigenvalue weighted by atomic mass is 35.5. The normalized spacial score (nSPS) is 19.4. The number of halogens is 1. The fourth-order valence-electron chi connectivity index (χ4n) is 2.28. The van der Waals surface area contributed by atoms with Crippen LogP contribution >= 0.6 is 23.4 Å². The van der Waals surface area contributed by atoms with Crippen LogP contribution < -0.4 is 11.1 Å². The van der Waals surface area contributed by atoms with Gasteiger partial charge in [-0.1, -0.05) is 30.7 Å². The molecule has 0 bridgehead atoms. The molecule has 0 heterocycles. The van der Waals surface area contributed by atoms with Crippen LogP contribution in [0.1, 0.15) is 33.1 Å². The van der Waals surface area contributed by atoms with Gasteiger partial charge in [-0.3, -0.25) is 4.79 Å². The van der Waals surface area contributed by atoms with Crippen molar-refractivity contribution >= 4 is 29.3 Å². The van der Waals surface area contributed by atoms with Gasteiger partial charge in [0.15, 0.2) is 0 Å². The van der Waals surface area contributed by atoms with Gasteiger partial charge >= 0.3 is 0 Å². The third kappa shape index (κ3) is 4.14. The van der Waals surface area contributed by atoms with Crippen LogP contribution in [0.4, 0.5) is 0 Å². The monoisotopic (exact) mass is 312 g/mol. The molecule has 5 heteroatoms. The zero-order valence-corrected chi connectivity index (χ0v) is 13.4. The van der Waals surface area contributed by atoms with Crippen molar-refractivity contribution < 1.29 is 4.79 Å². The summed E-state index contributed by atoms with van der Waals surface area (Å²) in [5, 5.41) is 4.38. The Morgan fingerprint density at radius 3 is 2.75 bits per heavy atom. The third-order valence-corrected chi connectivity index (χ3v) is 5.12. The van der Waals surface area contributed by atoms with Gasteiger partial charge < -0.3 is 11.1 Å². The number of thioether (sulfide) groups is 1. The lowest BCUT2D eigenvalue weighted by molar-refractivity contribution is -0.124. The SMILES string of the molecule is CC(CC(C)(NC1CC1)C(N)=O)Sc1ccccc1Cl. The summed E-state index contributed by atoms with van der Waals surface area (Å²) in [4.78, 5) is 12.8. The number of primary amides is 1. The van der Waals surface area contributed by atoms with E-state index < -0.39 is 5.54 Å². The van der Waals surface area contributed by atoms with Crippen LogP contribution in [-0.4, -0.2) is 22.7 Å². The van der Waals surface area contributed by atoms with Gasteiger partial charge in [-0.25, -0.2) is 0 Å². The molecule has 0 aliphatic heterocycles. The van der Waals surface area contributed by atoms with Crippen LogP contribution in [-0.2, 0) is 4.79 Å². The second-order valence-electron chi connectivity index (χ2n) is 5.68. The lowest BCUT2D eigenvalue weighted by Crippen LogP contribution is -2.55. The molecule has 2 unspecified atom stereocenters. The highest BCUT2D eigenvalue weighted by Crippen LogP contribution is 2.34. The standard InChI is InChI=1S/C15H21ClN2OS/c1-10(20-13-6-4-3-5-12(13)16)9-15(2,14(17)19)18-11-7-8-11/h3-6,10-11,18H,7-9H2,1-2H3,(H2,17,19). The van der Waals surface area contributed by atoms with Gasteiger partial charge in [0, 0.05) is 16.2 Å². The Morgan fingerprint density at radius 1 is 1.55 bits per heavy atom. The van der Waals surface area contributed by atoms with E-state index in [-0.39, 0.29) is 11.2 Å². The number of hydrogen-bond donors (Lipinski definition) is 2. The first-order chi connectivity index (χ1) is 9.40. The van der Waals surface area contributed by atoms with Crippen molar-refractivity contribution in [2.45, 2.75) is 54.8 Å². The minimum Gasteiger partial charge on any atom is -0.368 e. The maximum Gasteiger partial charge on any atom is 0.237 e. The Balaban J connectivity index is 1.99. The summed E-state index contributed by atoms with van der Waals surface area (Å²) in [6.45, 7) is 4.00. The lowest BCUT2D eigenvalue weighted by Gasteiger charge is -2.30. The Hall–Kier alpha value is -0.710. The highest BCUT2D eigenvalue weighted by molar-refractivity contribution is 8.00. The molecule has 1 aromatic rings. The number of carbonyl (C=O) groups excluding carboxylic acids is 1. The molecule has 0 aromatic heterocycles. The van der Waals surface area contributed by atoms with Gasteiger partial charge in [0.25, 0.3) is 0 Å². The number of carbonyl (C=O) groups is 1. The molecule has 0 radical (unpaired) electrons. The number of hydrogen-bond acceptors (Lipinski definition) is 3. The minimum atomic E-state index is -0.644. The molecule has 1 amide bonds. The molecule has 110 valence electrons. The maximum atomic E-state index is 11.8. The number of rotatable bonds is 7. The summed E-state index contributed by atoms with van der Waals surface area (Å²) < 4.78 is 0. The molecular formula is C15H21ClN2OS. The van der Waals surface area contributed by atoms with E-state index in [1.54, 1.807) is 11.8 Å². The third-order valence-electron chi connectivity index (χ3n) is 3.50. The molecule has 1 fully saturated rings. The van der Waals surface area contributed by atoms with E-state index in [0.29, 0.717) is 12.5 Å². The molecule has 2 rings (SSSR count). The van der Waals surface area contributed by atoms with Crippen molar-refractivity contribution in [3.05, 3.63) is 29.3 Å². The van der Waals surface area contributed by atoms with E-state index in [2.05, 4.69) is 12.2 Å². The number of benzene rings is 1. The van der Waals surface area contributed by atoms with Crippen molar-refractivity contribution in [3.8, 4) is 0 Å². The zero-order valence-electron chi connectivity index (χ0n) is 11.9. The summed E-state index contributed by atoms with van der Waals surface area (Å²) in [6, 6.07) is 8.21. The van der Waals surface area contributed by atoms with Gasteiger partial charge in [-0.05, 0) is 38.3 Å². The fourth-order valence-corrected chi connectivity index (χ4v) is 3.74. The topological polar surface area (TPSA) is 55.1 Å². The van der Waals surface area contributed by atoms with Crippen molar-refractivity contribution in [1.82, 2.24) is 5.32 Å². The van der Waals surface area contributed by atoms with Crippen LogP contribution in [0.3, 0.4) is 0 Å². The van der Waals surface area contributed by atoms with Crippen LogP contribution in [0, 0.1) is 0 Å². The van der Waals surface area contributed by atoms with Crippen LogP contribution in [0.2, 0.25) is 5.02 Å². The van der Waals surface area contributed by atoms with E-state index in [4.69, 9.17) is 17.3 Å². The van der Waals surface area contributed by atoms with E-state index in [9.17, 15) is 4.79 Å². The molecular weight excluding hydrogens is 292 g/mol. The Labute approximate surface area is 129 Å². The number of nitrogens with one attached hydrogen (secondary N) is 1. The number of amides is 1. The van der Waals surface area contributed by atoms with Crippen molar-refractivity contribution in [2.75, 3.05) is 0 Å². The Kier molecular flexibility index (Phi) is 4.99. The molecule has 1 aliphatic rings. The molecule has 3 nitrogen and oxygen atoms in total. The molecule has 3 N–H and O–H groups in total. The predicted octanol–water partition coefficient (Wildman–Crippen LogP) is 3.21. The Morgan fingerprint density at radius 2 is 2.20 bits per heavy atom. The molecule has 0 spiro atoms. The second kappa shape index (κ2) is 6.37. The van der Waals surface area contributed by atoms with Crippen molar-refractivity contribution in [2.24, 2.45) is 5.73 Å². The van der Waals surface area contributed by atoms with Crippen molar-refractivity contribution in [3.63, 3.8) is 0 Å². The van der Waals surface area contributed by atoms with Gasteiger partial charge in [0.1, 0.15) is 0 Å². The van der Waals surface area contributed by atoms with Gasteiger partial charge in [-0.2, -0.15) is 0 Å². The second-order valence-corrected chi connectivity index (χ2v) is 7.57. The van der Waals surface area contributed by atoms with E-state index in [1.165, 1.54) is 0 Å².